The van der Waals surface area contributed by atoms with Crippen LogP contribution in [0, 0.1) is 0 Å². The van der Waals surface area contributed by atoms with Crippen LogP contribution in [0.1, 0.15) is 13.3 Å². The molecule has 2 unspecified atom stereocenters. The van der Waals surface area contributed by atoms with Crippen molar-refractivity contribution in [2.24, 2.45) is 0 Å². The van der Waals surface area contributed by atoms with Crippen molar-refractivity contribution in [1.29, 1.82) is 0 Å². The maximum atomic E-state index is 11.0. The Morgan fingerprint density at radius 3 is 2.50 bits per heavy atom. The fourth-order valence-corrected chi connectivity index (χ4v) is 1.52. The van der Waals surface area contributed by atoms with E-state index in [0.717, 1.165) is 0 Å². The van der Waals surface area contributed by atoms with Gasteiger partial charge in [-0.15, -0.1) is 0 Å². The molecule has 1 fully saturated rings. The number of cyclic esters (lactones) is 1. The molecule has 0 saturated carbocycles. The van der Waals surface area contributed by atoms with Crippen LogP contribution in [0.2, 0.25) is 0 Å². The third kappa shape index (κ3) is 0.963. The second-order valence-electron chi connectivity index (χ2n) is 2.57. The molecule has 0 aliphatic carbocycles. The number of esters is 1. The lowest BCUT2D eigenvalue weighted by Crippen LogP contribution is -2.34. The van der Waals surface area contributed by atoms with E-state index in [2.05, 4.69) is 0 Å². The highest BCUT2D eigenvalue weighted by Gasteiger charge is 2.43. The normalized spacial score (nSPS) is 35.6. The van der Waals surface area contributed by atoms with Crippen LogP contribution in [0.3, 0.4) is 0 Å². The van der Waals surface area contributed by atoms with E-state index in [1.807, 2.05) is 0 Å². The van der Waals surface area contributed by atoms with Gasteiger partial charge in [0.15, 0.2) is 0 Å². The highest BCUT2D eigenvalue weighted by Crippen LogP contribution is 2.25. The number of rotatable bonds is 1. The Morgan fingerprint density at radius 2 is 2.30 bits per heavy atom. The SMILES string of the molecule is CS(=O)C1(C)CCOC1=O. The molecule has 2 atom stereocenters. The molecule has 0 bridgehead atoms. The molecule has 0 N–H and O–H groups in total. The molecule has 1 aliphatic rings. The fraction of sp³-hybridized carbons (Fsp3) is 0.833. The van der Waals surface area contributed by atoms with Crippen molar-refractivity contribution in [2.45, 2.75) is 18.1 Å². The van der Waals surface area contributed by atoms with Gasteiger partial charge in [-0.05, 0) is 6.92 Å². The van der Waals surface area contributed by atoms with Gasteiger partial charge in [0.2, 0.25) is 0 Å². The molecular weight excluding hydrogens is 152 g/mol. The van der Waals surface area contributed by atoms with E-state index in [1.165, 1.54) is 6.26 Å². The van der Waals surface area contributed by atoms with Crippen LogP contribution in [0.5, 0.6) is 0 Å². The summed E-state index contributed by atoms with van der Waals surface area (Å²) in [7, 11) is -1.11. The summed E-state index contributed by atoms with van der Waals surface area (Å²) < 4.78 is 15.0. The summed E-state index contributed by atoms with van der Waals surface area (Å²) in [4.78, 5) is 10.9. The van der Waals surface area contributed by atoms with Gasteiger partial charge >= 0.3 is 5.97 Å². The maximum Gasteiger partial charge on any atom is 0.324 e. The Labute approximate surface area is 62.2 Å². The average molecular weight is 162 g/mol. The molecule has 58 valence electrons. The lowest BCUT2D eigenvalue weighted by atomic mass is 10.1. The van der Waals surface area contributed by atoms with Gasteiger partial charge in [0.05, 0.1) is 6.61 Å². The monoisotopic (exact) mass is 162 g/mol. The lowest BCUT2D eigenvalue weighted by molar-refractivity contribution is -0.139. The van der Waals surface area contributed by atoms with E-state index in [1.54, 1.807) is 6.92 Å². The standard InChI is InChI=1S/C6H10O3S/c1-6(10(2)8)3-4-9-5(6)7/h3-4H2,1-2H3. The van der Waals surface area contributed by atoms with Crippen LogP contribution >= 0.6 is 0 Å². The van der Waals surface area contributed by atoms with Crippen LogP contribution in [0.15, 0.2) is 0 Å². The van der Waals surface area contributed by atoms with E-state index < -0.39 is 15.5 Å². The van der Waals surface area contributed by atoms with E-state index in [9.17, 15) is 9.00 Å². The molecule has 0 radical (unpaired) electrons. The predicted octanol–water partition coefficient (Wildman–Crippen LogP) is 0.0705. The molecule has 0 aromatic carbocycles. The Kier molecular flexibility index (Phi) is 1.81. The van der Waals surface area contributed by atoms with Gasteiger partial charge in [0.1, 0.15) is 4.75 Å². The van der Waals surface area contributed by atoms with Gasteiger partial charge in [-0.2, -0.15) is 0 Å². The number of carbonyl (C=O) groups excluding carboxylic acids is 1. The van der Waals surface area contributed by atoms with Crippen molar-refractivity contribution >= 4 is 16.8 Å². The van der Waals surface area contributed by atoms with E-state index >= 15 is 0 Å². The summed E-state index contributed by atoms with van der Waals surface area (Å²) in [6, 6.07) is 0. The first-order chi connectivity index (χ1) is 4.57. The zero-order valence-electron chi connectivity index (χ0n) is 6.05. The number of hydrogen-bond acceptors (Lipinski definition) is 3. The predicted molar refractivity (Wildman–Crippen MR) is 38.0 cm³/mol. The van der Waals surface area contributed by atoms with Gasteiger partial charge in [-0.25, -0.2) is 0 Å². The molecule has 0 spiro atoms. The lowest BCUT2D eigenvalue weighted by Gasteiger charge is -2.13. The van der Waals surface area contributed by atoms with Crippen LogP contribution in [0.25, 0.3) is 0 Å². The summed E-state index contributed by atoms with van der Waals surface area (Å²) in [5.74, 6) is -0.326. The minimum atomic E-state index is -1.11. The van der Waals surface area contributed by atoms with E-state index in [0.29, 0.717) is 13.0 Å². The quantitative estimate of drug-likeness (QED) is 0.512. The van der Waals surface area contributed by atoms with Crippen molar-refractivity contribution in [3.05, 3.63) is 0 Å². The van der Waals surface area contributed by atoms with Crippen molar-refractivity contribution < 1.29 is 13.7 Å². The average Bonchev–Trinajstić information content (AvgIpc) is 2.15. The first kappa shape index (κ1) is 7.72. The van der Waals surface area contributed by atoms with Gasteiger partial charge < -0.3 is 4.74 Å². The molecule has 1 heterocycles. The summed E-state index contributed by atoms with van der Waals surface area (Å²) in [5, 5.41) is 0. The van der Waals surface area contributed by atoms with Gasteiger partial charge in [-0.3, -0.25) is 9.00 Å². The van der Waals surface area contributed by atoms with E-state index in [-0.39, 0.29) is 5.97 Å². The molecule has 3 nitrogen and oxygen atoms in total. The molecule has 0 aromatic rings. The molecule has 1 aliphatic heterocycles. The highest BCUT2D eigenvalue weighted by molar-refractivity contribution is 7.86. The van der Waals surface area contributed by atoms with Crippen molar-refractivity contribution in [1.82, 2.24) is 0 Å². The first-order valence-electron chi connectivity index (χ1n) is 3.08. The molecule has 0 aromatic heterocycles. The smallest absolute Gasteiger partial charge is 0.324 e. The second kappa shape index (κ2) is 2.34. The zero-order chi connectivity index (χ0) is 7.78. The van der Waals surface area contributed by atoms with Crippen molar-refractivity contribution in [3.63, 3.8) is 0 Å². The molecule has 1 rings (SSSR count). The number of carbonyl (C=O) groups is 1. The van der Waals surface area contributed by atoms with Crippen LogP contribution in [-0.4, -0.2) is 27.8 Å². The van der Waals surface area contributed by atoms with Crippen LogP contribution in [0.4, 0.5) is 0 Å². The van der Waals surface area contributed by atoms with Crippen LogP contribution in [-0.2, 0) is 20.3 Å². The summed E-state index contributed by atoms with van der Waals surface area (Å²) >= 11 is 0. The summed E-state index contributed by atoms with van der Waals surface area (Å²) in [5.41, 5.74) is 0. The minimum absolute atomic E-state index is 0.326. The molecule has 0 amide bonds. The number of hydrogen-bond donors (Lipinski definition) is 0. The largest absolute Gasteiger partial charge is 0.465 e. The van der Waals surface area contributed by atoms with Crippen molar-refractivity contribution in [2.75, 3.05) is 12.9 Å². The first-order valence-corrected chi connectivity index (χ1v) is 4.64. The topological polar surface area (TPSA) is 43.4 Å². The number of ether oxygens (including phenoxy) is 1. The second-order valence-corrected chi connectivity index (χ2v) is 4.38. The Hall–Kier alpha value is -0.380. The Morgan fingerprint density at radius 1 is 1.70 bits per heavy atom. The Balaban J connectivity index is 2.86. The third-order valence-corrected chi connectivity index (χ3v) is 3.52. The third-order valence-electron chi connectivity index (χ3n) is 1.88. The van der Waals surface area contributed by atoms with Crippen molar-refractivity contribution in [3.8, 4) is 0 Å². The molecule has 10 heavy (non-hydrogen) atoms. The highest BCUT2D eigenvalue weighted by atomic mass is 32.2. The maximum absolute atomic E-state index is 11.0. The summed E-state index contributed by atoms with van der Waals surface area (Å²) in [6.45, 7) is 2.09. The summed E-state index contributed by atoms with van der Waals surface area (Å²) in [6.07, 6.45) is 2.11. The van der Waals surface area contributed by atoms with Crippen LogP contribution < -0.4 is 0 Å². The molecule has 4 heteroatoms. The Bertz CT molecular complexity index is 189. The van der Waals surface area contributed by atoms with Gasteiger partial charge in [0.25, 0.3) is 0 Å². The zero-order valence-corrected chi connectivity index (χ0v) is 6.86. The van der Waals surface area contributed by atoms with E-state index in [4.69, 9.17) is 4.74 Å². The molecule has 1 saturated heterocycles. The minimum Gasteiger partial charge on any atom is -0.465 e. The fourth-order valence-electron chi connectivity index (χ4n) is 0.854. The van der Waals surface area contributed by atoms with Gasteiger partial charge in [0, 0.05) is 23.5 Å². The van der Waals surface area contributed by atoms with Gasteiger partial charge in [-0.1, -0.05) is 0 Å². The molecular formula is C6H10O3S.